The number of nitrogens with zero attached hydrogens (tertiary/aromatic N) is 1. The Morgan fingerprint density at radius 2 is 1.15 bits per heavy atom. The molecular weight excluding hydrogens is 470 g/mol. The molecule has 0 amide bonds. The Labute approximate surface area is 233 Å². The van der Waals surface area contributed by atoms with Crippen LogP contribution in [-0.2, 0) is 12.8 Å². The predicted octanol–water partition coefficient (Wildman–Crippen LogP) is 10.2. The van der Waals surface area contributed by atoms with Gasteiger partial charge in [-0.25, -0.2) is 0 Å². The second kappa shape index (κ2) is 11.2. The molecule has 0 saturated heterocycles. The lowest BCUT2D eigenvalue weighted by molar-refractivity contribution is 0.686. The molecule has 39 heavy (non-hydrogen) atoms. The second-order valence-corrected chi connectivity index (χ2v) is 10.6. The van der Waals surface area contributed by atoms with Crippen LogP contribution in [0.5, 0.6) is 0 Å². The fourth-order valence-electron chi connectivity index (χ4n) is 6.00. The first kappa shape index (κ1) is 24.9. The lowest BCUT2D eigenvalue weighted by Crippen LogP contribution is -2.15. The lowest BCUT2D eigenvalue weighted by Gasteiger charge is -2.31. The third-order valence-electron chi connectivity index (χ3n) is 7.92. The fraction of sp³-hybridized carbons (Fsp3) is 0.158. The minimum atomic E-state index is 1.14. The summed E-state index contributed by atoms with van der Waals surface area (Å²) in [4.78, 5) is 2.47. The maximum absolute atomic E-state index is 2.47. The number of rotatable bonds is 6. The summed E-state index contributed by atoms with van der Waals surface area (Å²) in [6.45, 7) is 4.50. The number of anilines is 3. The Morgan fingerprint density at radius 1 is 0.590 bits per heavy atom. The second-order valence-electron chi connectivity index (χ2n) is 10.6. The van der Waals surface area contributed by atoms with Crippen LogP contribution in [0.15, 0.2) is 121 Å². The van der Waals surface area contributed by atoms with Crippen molar-refractivity contribution in [2.75, 3.05) is 4.90 Å². The standard InChI is InChI=1S/C38H35N/c1-28-25-34(39(33-21-10-5-11-22-33)38-24-14-20-30-19-12-13-23-35(30)38)26-29(2)36(28)27-37(31-15-6-3-7-16-31)32-17-8-4-9-18-32/h3-11,14-18,20-22,24-27H,12-13,19,23H2,1-2H3. The summed E-state index contributed by atoms with van der Waals surface area (Å²) in [7, 11) is 0. The molecule has 1 aliphatic carbocycles. The highest BCUT2D eigenvalue weighted by Crippen LogP contribution is 2.41. The molecule has 5 aromatic rings. The molecule has 0 unspecified atom stereocenters. The Hall–Kier alpha value is -4.36. The molecule has 0 atom stereocenters. The first-order valence-electron chi connectivity index (χ1n) is 14.1. The van der Waals surface area contributed by atoms with Gasteiger partial charge in [-0.2, -0.15) is 0 Å². The highest BCUT2D eigenvalue weighted by molar-refractivity contribution is 5.93. The predicted molar refractivity (Wildman–Crippen MR) is 167 cm³/mol. The number of para-hydroxylation sites is 1. The fourth-order valence-corrected chi connectivity index (χ4v) is 6.00. The first-order chi connectivity index (χ1) is 19.2. The van der Waals surface area contributed by atoms with Crippen molar-refractivity contribution in [2.45, 2.75) is 39.5 Å². The van der Waals surface area contributed by atoms with E-state index < -0.39 is 0 Å². The van der Waals surface area contributed by atoms with Crippen molar-refractivity contribution in [3.05, 3.63) is 160 Å². The van der Waals surface area contributed by atoms with Gasteiger partial charge < -0.3 is 4.90 Å². The van der Waals surface area contributed by atoms with Gasteiger partial charge in [-0.05, 0) is 120 Å². The largest absolute Gasteiger partial charge is 0.310 e. The lowest BCUT2D eigenvalue weighted by atomic mass is 9.89. The maximum atomic E-state index is 2.47. The van der Waals surface area contributed by atoms with Gasteiger partial charge in [-0.15, -0.1) is 0 Å². The summed E-state index contributed by atoms with van der Waals surface area (Å²) >= 11 is 0. The molecule has 0 aliphatic heterocycles. The molecule has 1 nitrogen and oxygen atoms in total. The molecule has 0 fully saturated rings. The molecule has 0 radical (unpaired) electrons. The van der Waals surface area contributed by atoms with Crippen molar-refractivity contribution < 1.29 is 0 Å². The van der Waals surface area contributed by atoms with Crippen molar-refractivity contribution in [3.8, 4) is 0 Å². The van der Waals surface area contributed by atoms with Gasteiger partial charge in [-0.1, -0.05) is 91.0 Å². The van der Waals surface area contributed by atoms with Gasteiger partial charge >= 0.3 is 0 Å². The molecule has 0 N–H and O–H groups in total. The van der Waals surface area contributed by atoms with Gasteiger partial charge in [0.05, 0.1) is 0 Å². The van der Waals surface area contributed by atoms with E-state index in [1.807, 2.05) is 0 Å². The zero-order chi connectivity index (χ0) is 26.6. The van der Waals surface area contributed by atoms with Gasteiger partial charge in [0.15, 0.2) is 0 Å². The zero-order valence-electron chi connectivity index (χ0n) is 22.9. The van der Waals surface area contributed by atoms with Crippen molar-refractivity contribution in [2.24, 2.45) is 0 Å². The van der Waals surface area contributed by atoms with Crippen LogP contribution in [0.1, 0.15) is 51.8 Å². The molecule has 0 heterocycles. The summed E-state index contributed by atoms with van der Waals surface area (Å²) in [6, 6.07) is 43.9. The van der Waals surface area contributed by atoms with E-state index in [1.165, 1.54) is 80.8 Å². The minimum Gasteiger partial charge on any atom is -0.310 e. The van der Waals surface area contributed by atoms with Crippen molar-refractivity contribution in [1.29, 1.82) is 0 Å². The number of benzene rings is 5. The summed E-state index contributed by atoms with van der Waals surface area (Å²) in [5.41, 5.74) is 14.3. The first-order valence-corrected chi connectivity index (χ1v) is 14.1. The summed E-state index contributed by atoms with van der Waals surface area (Å²) in [5.74, 6) is 0. The zero-order valence-corrected chi connectivity index (χ0v) is 22.9. The minimum absolute atomic E-state index is 1.14. The summed E-state index contributed by atoms with van der Waals surface area (Å²) in [6.07, 6.45) is 7.24. The van der Waals surface area contributed by atoms with E-state index in [-0.39, 0.29) is 0 Å². The Kier molecular flexibility index (Phi) is 7.15. The molecule has 0 aromatic heterocycles. The Morgan fingerprint density at radius 3 is 1.77 bits per heavy atom. The molecule has 1 heteroatoms. The van der Waals surface area contributed by atoms with Crippen LogP contribution in [0.25, 0.3) is 11.6 Å². The van der Waals surface area contributed by atoms with E-state index in [0.717, 1.165) is 6.42 Å². The van der Waals surface area contributed by atoms with E-state index in [1.54, 1.807) is 0 Å². The number of aryl methyl sites for hydroxylation is 3. The van der Waals surface area contributed by atoms with E-state index in [2.05, 4.69) is 146 Å². The van der Waals surface area contributed by atoms with Gasteiger partial charge in [0.1, 0.15) is 0 Å². The Bertz CT molecular complexity index is 1530. The third-order valence-corrected chi connectivity index (χ3v) is 7.92. The highest BCUT2D eigenvalue weighted by atomic mass is 15.1. The van der Waals surface area contributed by atoms with Crippen LogP contribution in [0, 0.1) is 13.8 Å². The molecule has 1 aliphatic rings. The van der Waals surface area contributed by atoms with E-state index in [9.17, 15) is 0 Å². The van der Waals surface area contributed by atoms with E-state index >= 15 is 0 Å². The number of hydrogen-bond donors (Lipinski definition) is 0. The average molecular weight is 506 g/mol. The smallest absolute Gasteiger partial charge is 0.0496 e. The molecule has 6 rings (SSSR count). The van der Waals surface area contributed by atoms with Crippen LogP contribution >= 0.6 is 0 Å². The molecule has 0 saturated carbocycles. The van der Waals surface area contributed by atoms with Crippen molar-refractivity contribution >= 4 is 28.7 Å². The van der Waals surface area contributed by atoms with Crippen molar-refractivity contribution in [3.63, 3.8) is 0 Å². The van der Waals surface area contributed by atoms with E-state index in [4.69, 9.17) is 0 Å². The number of fused-ring (bicyclic) bond motifs is 1. The molecule has 192 valence electrons. The Balaban J connectivity index is 1.50. The van der Waals surface area contributed by atoms with Crippen LogP contribution in [0.3, 0.4) is 0 Å². The van der Waals surface area contributed by atoms with Crippen LogP contribution in [0.4, 0.5) is 17.1 Å². The SMILES string of the molecule is Cc1cc(N(c2ccccc2)c2cccc3c2CCCC3)cc(C)c1C=C(c1ccccc1)c1ccccc1. The van der Waals surface area contributed by atoms with Crippen LogP contribution < -0.4 is 4.90 Å². The molecule has 0 spiro atoms. The topological polar surface area (TPSA) is 3.24 Å². The average Bonchev–Trinajstić information content (AvgIpc) is 2.99. The highest BCUT2D eigenvalue weighted by Gasteiger charge is 2.21. The van der Waals surface area contributed by atoms with Crippen molar-refractivity contribution in [1.82, 2.24) is 0 Å². The van der Waals surface area contributed by atoms with Gasteiger partial charge in [0.2, 0.25) is 0 Å². The van der Waals surface area contributed by atoms with Crippen LogP contribution in [0.2, 0.25) is 0 Å². The maximum Gasteiger partial charge on any atom is 0.0496 e. The summed E-state index contributed by atoms with van der Waals surface area (Å²) in [5, 5.41) is 0. The van der Waals surface area contributed by atoms with Gasteiger partial charge in [0, 0.05) is 17.1 Å². The molecular formula is C38H35N. The number of hydrogen-bond acceptors (Lipinski definition) is 1. The van der Waals surface area contributed by atoms with Crippen LogP contribution in [-0.4, -0.2) is 0 Å². The van der Waals surface area contributed by atoms with Gasteiger partial charge in [0.25, 0.3) is 0 Å². The molecule has 0 bridgehead atoms. The summed E-state index contributed by atoms with van der Waals surface area (Å²) < 4.78 is 0. The normalized spacial score (nSPS) is 12.5. The third kappa shape index (κ3) is 5.18. The van der Waals surface area contributed by atoms with Gasteiger partial charge in [-0.3, -0.25) is 0 Å². The quantitative estimate of drug-likeness (QED) is 0.207. The molecule has 5 aromatic carbocycles. The van der Waals surface area contributed by atoms with E-state index in [0.29, 0.717) is 0 Å². The monoisotopic (exact) mass is 505 g/mol.